The van der Waals surface area contributed by atoms with Gasteiger partial charge in [-0.25, -0.2) is 0 Å². The Labute approximate surface area is 239 Å². The Morgan fingerprint density at radius 1 is 0.297 bits per heavy atom. The lowest BCUT2D eigenvalue weighted by molar-refractivity contribution is 0.489. The third-order valence-corrected chi connectivity index (χ3v) is 18.3. The first-order chi connectivity index (χ1) is 17.9. The second-order valence-corrected chi connectivity index (χ2v) is 21.7. The summed E-state index contributed by atoms with van der Waals surface area (Å²) in [7, 11) is -3.24. The predicted octanol–water partition coefficient (Wildman–Crippen LogP) is 13.6. The van der Waals surface area contributed by atoms with Crippen molar-refractivity contribution in [2.45, 2.75) is 219 Å². The lowest BCUT2D eigenvalue weighted by atomic mass is 10.1. The first-order valence-corrected chi connectivity index (χ1v) is 23.3. The maximum atomic E-state index is 7.61. The molecule has 0 aromatic rings. The van der Waals surface area contributed by atoms with Gasteiger partial charge in [0.25, 0.3) is 0 Å². The standard InChI is InChI=1S/C34H74OSi2/c1-7-11-15-19-23-27-31-36(5,32-28-24-20-16-12-8-2)35-37(6,33-29-25-21-17-13-9-3)34-30-26-22-18-14-10-4/h7-34H2,1-6H3. The minimum absolute atomic E-state index is 1.36. The van der Waals surface area contributed by atoms with Crippen molar-refractivity contribution < 1.29 is 4.12 Å². The summed E-state index contributed by atoms with van der Waals surface area (Å²) in [5.74, 6) is 0. The van der Waals surface area contributed by atoms with Gasteiger partial charge in [0.05, 0.1) is 0 Å². The lowest BCUT2D eigenvalue weighted by Crippen LogP contribution is -2.48. The molecule has 1 nitrogen and oxygen atoms in total. The fraction of sp³-hybridized carbons (Fsp3) is 1.00. The number of rotatable bonds is 30. The zero-order chi connectivity index (χ0) is 27.5. The van der Waals surface area contributed by atoms with Gasteiger partial charge in [-0.2, -0.15) is 0 Å². The number of hydrogen-bond donors (Lipinski definition) is 0. The highest BCUT2D eigenvalue weighted by Crippen LogP contribution is 2.34. The van der Waals surface area contributed by atoms with Crippen molar-refractivity contribution in [3.05, 3.63) is 0 Å². The van der Waals surface area contributed by atoms with Gasteiger partial charge in [0, 0.05) is 0 Å². The van der Waals surface area contributed by atoms with Crippen molar-refractivity contribution in [3.8, 4) is 0 Å². The molecule has 0 bridgehead atoms. The topological polar surface area (TPSA) is 9.23 Å². The molecule has 224 valence electrons. The van der Waals surface area contributed by atoms with Gasteiger partial charge in [0.15, 0.2) is 16.6 Å². The molecule has 0 aromatic heterocycles. The van der Waals surface area contributed by atoms with Crippen LogP contribution in [0.25, 0.3) is 0 Å². The van der Waals surface area contributed by atoms with Crippen molar-refractivity contribution in [2.24, 2.45) is 0 Å². The summed E-state index contributed by atoms with van der Waals surface area (Å²) >= 11 is 0. The summed E-state index contributed by atoms with van der Waals surface area (Å²) in [5, 5.41) is 0. The van der Waals surface area contributed by atoms with E-state index in [9.17, 15) is 0 Å². The van der Waals surface area contributed by atoms with Crippen LogP contribution in [0.4, 0.5) is 0 Å². The van der Waals surface area contributed by atoms with E-state index in [1.807, 2.05) is 0 Å². The Kier molecular flexibility index (Phi) is 26.9. The van der Waals surface area contributed by atoms with E-state index in [0.717, 1.165) is 0 Å². The molecule has 0 unspecified atom stereocenters. The van der Waals surface area contributed by atoms with E-state index in [1.54, 1.807) is 0 Å². The first kappa shape index (κ1) is 37.4. The monoisotopic (exact) mass is 555 g/mol. The molecule has 0 saturated heterocycles. The number of unbranched alkanes of at least 4 members (excludes halogenated alkanes) is 20. The van der Waals surface area contributed by atoms with Crippen LogP contribution in [0.3, 0.4) is 0 Å². The number of hydrogen-bond acceptors (Lipinski definition) is 1. The molecule has 0 spiro atoms. The van der Waals surface area contributed by atoms with Crippen molar-refractivity contribution >= 4 is 16.6 Å². The van der Waals surface area contributed by atoms with Gasteiger partial charge in [0.2, 0.25) is 0 Å². The van der Waals surface area contributed by atoms with Gasteiger partial charge in [-0.15, -0.1) is 0 Å². The van der Waals surface area contributed by atoms with E-state index >= 15 is 0 Å². The third-order valence-electron chi connectivity index (χ3n) is 8.73. The molecule has 0 aliphatic carbocycles. The van der Waals surface area contributed by atoms with Crippen LogP contribution in [-0.4, -0.2) is 16.6 Å². The maximum Gasteiger partial charge on any atom is 0.176 e. The minimum Gasteiger partial charge on any atom is -0.455 e. The van der Waals surface area contributed by atoms with E-state index in [2.05, 4.69) is 40.8 Å². The highest BCUT2D eigenvalue weighted by Gasteiger charge is 2.38. The normalized spacial score (nSPS) is 12.5. The largest absolute Gasteiger partial charge is 0.455 e. The fourth-order valence-electron chi connectivity index (χ4n) is 6.17. The summed E-state index contributed by atoms with van der Waals surface area (Å²) in [6.07, 6.45) is 34.1. The van der Waals surface area contributed by atoms with E-state index in [-0.39, 0.29) is 0 Å². The smallest absolute Gasteiger partial charge is 0.176 e. The highest BCUT2D eigenvalue weighted by molar-refractivity contribution is 6.86. The molecule has 0 aromatic carbocycles. The van der Waals surface area contributed by atoms with E-state index < -0.39 is 16.6 Å². The Balaban J connectivity index is 5.03. The van der Waals surface area contributed by atoms with Crippen LogP contribution in [0.1, 0.15) is 182 Å². The van der Waals surface area contributed by atoms with E-state index in [0.29, 0.717) is 0 Å². The Morgan fingerprint density at radius 2 is 0.486 bits per heavy atom. The zero-order valence-corrected chi connectivity index (χ0v) is 29.2. The van der Waals surface area contributed by atoms with Crippen LogP contribution in [0, 0.1) is 0 Å². The van der Waals surface area contributed by atoms with Crippen LogP contribution in [0.2, 0.25) is 37.3 Å². The van der Waals surface area contributed by atoms with E-state index in [1.165, 1.54) is 178 Å². The zero-order valence-electron chi connectivity index (χ0n) is 27.2. The first-order valence-electron chi connectivity index (χ1n) is 17.7. The summed E-state index contributed by atoms with van der Waals surface area (Å²) in [5.41, 5.74) is 0. The Morgan fingerprint density at radius 3 is 0.703 bits per heavy atom. The predicted molar refractivity (Wildman–Crippen MR) is 177 cm³/mol. The van der Waals surface area contributed by atoms with Crippen LogP contribution in [0.15, 0.2) is 0 Å². The molecular weight excluding hydrogens is 481 g/mol. The van der Waals surface area contributed by atoms with Gasteiger partial charge in [0.1, 0.15) is 0 Å². The molecule has 0 heterocycles. The second-order valence-electron chi connectivity index (χ2n) is 13.1. The quantitative estimate of drug-likeness (QED) is 0.0633. The fourth-order valence-corrected chi connectivity index (χ4v) is 17.0. The van der Waals surface area contributed by atoms with Crippen molar-refractivity contribution in [3.63, 3.8) is 0 Å². The van der Waals surface area contributed by atoms with Crippen molar-refractivity contribution in [1.82, 2.24) is 0 Å². The van der Waals surface area contributed by atoms with Gasteiger partial charge >= 0.3 is 0 Å². The molecule has 0 amide bonds. The summed E-state index contributed by atoms with van der Waals surface area (Å²) < 4.78 is 7.61. The minimum atomic E-state index is -1.62. The molecule has 0 atom stereocenters. The highest BCUT2D eigenvalue weighted by atomic mass is 28.4. The summed E-state index contributed by atoms with van der Waals surface area (Å²) in [4.78, 5) is 0. The van der Waals surface area contributed by atoms with Crippen LogP contribution < -0.4 is 0 Å². The Hall–Kier alpha value is 0.394. The maximum absolute atomic E-state index is 7.61. The van der Waals surface area contributed by atoms with Gasteiger partial charge < -0.3 is 4.12 Å². The van der Waals surface area contributed by atoms with Crippen molar-refractivity contribution in [2.75, 3.05) is 0 Å². The third kappa shape index (κ3) is 24.0. The van der Waals surface area contributed by atoms with Crippen LogP contribution in [-0.2, 0) is 4.12 Å². The molecule has 0 aliphatic rings. The second kappa shape index (κ2) is 26.6. The summed E-state index contributed by atoms with van der Waals surface area (Å²) in [6, 6.07) is 5.74. The van der Waals surface area contributed by atoms with Crippen LogP contribution in [0.5, 0.6) is 0 Å². The van der Waals surface area contributed by atoms with Gasteiger partial charge in [-0.1, -0.05) is 182 Å². The average molecular weight is 555 g/mol. The molecule has 0 rings (SSSR count). The van der Waals surface area contributed by atoms with Gasteiger partial charge in [-0.3, -0.25) is 0 Å². The molecule has 0 N–H and O–H groups in total. The molecule has 0 aliphatic heterocycles. The van der Waals surface area contributed by atoms with E-state index in [4.69, 9.17) is 4.12 Å². The molecule has 0 saturated carbocycles. The molecule has 3 heteroatoms. The molecule has 0 radical (unpaired) electrons. The van der Waals surface area contributed by atoms with Crippen LogP contribution >= 0.6 is 0 Å². The van der Waals surface area contributed by atoms with Crippen molar-refractivity contribution in [1.29, 1.82) is 0 Å². The van der Waals surface area contributed by atoms with Gasteiger partial charge in [-0.05, 0) is 37.3 Å². The Bertz CT molecular complexity index is 381. The molecule has 0 fully saturated rings. The molecular formula is C34H74OSi2. The molecule has 37 heavy (non-hydrogen) atoms. The lowest BCUT2D eigenvalue weighted by Gasteiger charge is -2.39. The summed E-state index contributed by atoms with van der Waals surface area (Å²) in [6.45, 7) is 14.7. The average Bonchev–Trinajstić information content (AvgIpc) is 2.88. The SMILES string of the molecule is CCCCCCCC[Si](C)(CCCCCCCC)O[Si](C)(CCCCCCCC)CCCCCCCC.